The van der Waals surface area contributed by atoms with E-state index in [1.54, 1.807) is 13.2 Å². The molecule has 0 bridgehead atoms. The van der Waals surface area contributed by atoms with Crippen molar-refractivity contribution >= 4 is 5.91 Å². The first kappa shape index (κ1) is 13.9. The summed E-state index contributed by atoms with van der Waals surface area (Å²) in [5, 5.41) is 2.91. The largest absolute Gasteiger partial charge is 0.468 e. The first-order chi connectivity index (χ1) is 10.2. The lowest BCUT2D eigenvalue weighted by Gasteiger charge is -2.34. The molecule has 2 aromatic rings. The van der Waals surface area contributed by atoms with Gasteiger partial charge in [-0.15, -0.1) is 0 Å². The number of hydrogen-bond acceptors (Lipinski definition) is 3. The Morgan fingerprint density at radius 2 is 2.10 bits per heavy atom. The Balaban J connectivity index is 1.79. The number of amides is 1. The summed E-state index contributed by atoms with van der Waals surface area (Å²) in [5.41, 5.74) is 2.79. The third-order valence-electron chi connectivity index (χ3n) is 4.02. The van der Waals surface area contributed by atoms with Gasteiger partial charge in [0.05, 0.1) is 12.3 Å². The second kappa shape index (κ2) is 6.14. The van der Waals surface area contributed by atoms with Crippen LogP contribution in [0.15, 0.2) is 47.1 Å². The molecule has 0 fully saturated rings. The standard InChI is InChI=1S/C17H20N2O2/c1-13(20)18-11-16(17-7-4-10-21-17)19-9-8-14-5-2-3-6-15(14)12-19/h2-7,10,16H,8-9,11-12H2,1H3,(H,18,20)/t16-/m1/s1. The molecule has 0 radical (unpaired) electrons. The zero-order valence-corrected chi connectivity index (χ0v) is 12.2. The van der Waals surface area contributed by atoms with E-state index in [1.165, 1.54) is 11.1 Å². The molecule has 4 heteroatoms. The highest BCUT2D eigenvalue weighted by Crippen LogP contribution is 2.27. The Morgan fingerprint density at radius 3 is 2.81 bits per heavy atom. The number of nitrogens with zero attached hydrogens (tertiary/aromatic N) is 1. The van der Waals surface area contributed by atoms with Gasteiger partial charge >= 0.3 is 0 Å². The Bertz CT molecular complexity index is 607. The van der Waals surface area contributed by atoms with E-state index in [4.69, 9.17) is 4.42 Å². The number of benzene rings is 1. The number of carbonyl (C=O) groups excluding carboxylic acids is 1. The summed E-state index contributed by atoms with van der Waals surface area (Å²) in [5.74, 6) is 0.895. The van der Waals surface area contributed by atoms with E-state index in [1.807, 2.05) is 12.1 Å². The monoisotopic (exact) mass is 284 g/mol. The lowest BCUT2D eigenvalue weighted by atomic mass is 9.98. The molecule has 21 heavy (non-hydrogen) atoms. The second-order valence-corrected chi connectivity index (χ2v) is 5.46. The van der Waals surface area contributed by atoms with Crippen molar-refractivity contribution in [3.05, 3.63) is 59.5 Å². The van der Waals surface area contributed by atoms with Gasteiger partial charge in [0.15, 0.2) is 0 Å². The maximum Gasteiger partial charge on any atom is 0.216 e. The van der Waals surface area contributed by atoms with Crippen molar-refractivity contribution in [1.29, 1.82) is 0 Å². The van der Waals surface area contributed by atoms with E-state index >= 15 is 0 Å². The van der Waals surface area contributed by atoms with Gasteiger partial charge in [-0.25, -0.2) is 0 Å². The van der Waals surface area contributed by atoms with Crippen molar-refractivity contribution in [2.45, 2.75) is 25.9 Å². The van der Waals surface area contributed by atoms with Gasteiger partial charge in [0.25, 0.3) is 0 Å². The lowest BCUT2D eigenvalue weighted by molar-refractivity contribution is -0.119. The predicted molar refractivity (Wildman–Crippen MR) is 80.7 cm³/mol. The Hall–Kier alpha value is -2.07. The van der Waals surface area contributed by atoms with Gasteiger partial charge in [0, 0.05) is 26.6 Å². The summed E-state index contributed by atoms with van der Waals surface area (Å²) in [4.78, 5) is 13.6. The van der Waals surface area contributed by atoms with Gasteiger partial charge in [-0.3, -0.25) is 9.69 Å². The molecule has 0 spiro atoms. The molecular weight excluding hydrogens is 264 g/mol. The molecule has 1 aromatic heterocycles. The van der Waals surface area contributed by atoms with Crippen molar-refractivity contribution in [3.63, 3.8) is 0 Å². The average molecular weight is 284 g/mol. The number of carbonyl (C=O) groups is 1. The molecule has 0 saturated carbocycles. The summed E-state index contributed by atoms with van der Waals surface area (Å²) in [6, 6.07) is 12.5. The third kappa shape index (κ3) is 3.16. The molecule has 0 saturated heterocycles. The fraction of sp³-hybridized carbons (Fsp3) is 0.353. The van der Waals surface area contributed by atoms with Crippen LogP contribution in [0.4, 0.5) is 0 Å². The predicted octanol–water partition coefficient (Wildman–Crippen LogP) is 2.52. The average Bonchev–Trinajstić information content (AvgIpc) is 3.01. The first-order valence-corrected chi connectivity index (χ1v) is 7.32. The van der Waals surface area contributed by atoms with Gasteiger partial charge in [-0.05, 0) is 29.7 Å². The van der Waals surface area contributed by atoms with Crippen molar-refractivity contribution in [2.75, 3.05) is 13.1 Å². The van der Waals surface area contributed by atoms with Crippen LogP contribution in [0.3, 0.4) is 0 Å². The molecule has 4 nitrogen and oxygen atoms in total. The minimum absolute atomic E-state index is 0.0102. The lowest BCUT2D eigenvalue weighted by Crippen LogP contribution is -2.40. The van der Waals surface area contributed by atoms with Crippen LogP contribution >= 0.6 is 0 Å². The fourth-order valence-corrected chi connectivity index (χ4v) is 2.91. The molecule has 1 N–H and O–H groups in total. The zero-order valence-electron chi connectivity index (χ0n) is 12.2. The van der Waals surface area contributed by atoms with Crippen molar-refractivity contribution in [3.8, 4) is 0 Å². The van der Waals surface area contributed by atoms with Crippen LogP contribution in [0.5, 0.6) is 0 Å². The molecule has 1 aliphatic heterocycles. The summed E-state index contributed by atoms with van der Waals surface area (Å²) in [6.45, 7) is 3.98. The number of fused-ring (bicyclic) bond motifs is 1. The van der Waals surface area contributed by atoms with E-state index < -0.39 is 0 Å². The summed E-state index contributed by atoms with van der Waals surface area (Å²) < 4.78 is 5.58. The second-order valence-electron chi connectivity index (χ2n) is 5.46. The fourth-order valence-electron chi connectivity index (χ4n) is 2.91. The SMILES string of the molecule is CC(=O)NC[C@H](c1ccco1)N1CCc2ccccc2C1. The van der Waals surface area contributed by atoms with Crippen LogP contribution in [-0.4, -0.2) is 23.9 Å². The van der Waals surface area contributed by atoms with E-state index in [2.05, 4.69) is 34.5 Å². The van der Waals surface area contributed by atoms with Crippen molar-refractivity contribution < 1.29 is 9.21 Å². The molecule has 1 aliphatic rings. The minimum atomic E-state index is -0.0102. The molecule has 2 heterocycles. The summed E-state index contributed by atoms with van der Waals surface area (Å²) in [6.07, 6.45) is 2.72. The minimum Gasteiger partial charge on any atom is -0.468 e. The van der Waals surface area contributed by atoms with E-state index in [9.17, 15) is 4.79 Å². The smallest absolute Gasteiger partial charge is 0.216 e. The number of rotatable bonds is 4. The first-order valence-electron chi connectivity index (χ1n) is 7.32. The molecular formula is C17H20N2O2. The van der Waals surface area contributed by atoms with Crippen LogP contribution < -0.4 is 5.32 Å². The zero-order chi connectivity index (χ0) is 14.7. The van der Waals surface area contributed by atoms with Crippen LogP contribution in [0.25, 0.3) is 0 Å². The van der Waals surface area contributed by atoms with E-state index in [-0.39, 0.29) is 11.9 Å². The van der Waals surface area contributed by atoms with Crippen molar-refractivity contribution in [1.82, 2.24) is 10.2 Å². The van der Waals surface area contributed by atoms with Crippen LogP contribution in [0.2, 0.25) is 0 Å². The molecule has 3 rings (SSSR count). The third-order valence-corrected chi connectivity index (χ3v) is 4.02. The summed E-state index contributed by atoms with van der Waals surface area (Å²) in [7, 11) is 0. The highest BCUT2D eigenvalue weighted by atomic mass is 16.3. The van der Waals surface area contributed by atoms with Gasteiger partial charge in [-0.1, -0.05) is 24.3 Å². The molecule has 0 aliphatic carbocycles. The maximum atomic E-state index is 11.2. The van der Waals surface area contributed by atoms with Crippen LogP contribution in [-0.2, 0) is 17.8 Å². The molecule has 0 unspecified atom stereocenters. The number of nitrogens with one attached hydrogen (secondary N) is 1. The van der Waals surface area contributed by atoms with Gasteiger partial charge < -0.3 is 9.73 Å². The summed E-state index contributed by atoms with van der Waals surface area (Å²) >= 11 is 0. The molecule has 1 amide bonds. The van der Waals surface area contributed by atoms with Gasteiger partial charge in [0.2, 0.25) is 5.91 Å². The van der Waals surface area contributed by atoms with Crippen LogP contribution in [0.1, 0.15) is 29.9 Å². The van der Waals surface area contributed by atoms with E-state index in [0.29, 0.717) is 6.54 Å². The van der Waals surface area contributed by atoms with Crippen LogP contribution in [0, 0.1) is 0 Å². The maximum absolute atomic E-state index is 11.2. The number of furan rings is 1. The van der Waals surface area contributed by atoms with Gasteiger partial charge in [0.1, 0.15) is 5.76 Å². The molecule has 1 atom stereocenters. The quantitative estimate of drug-likeness (QED) is 0.938. The topological polar surface area (TPSA) is 45.5 Å². The highest BCUT2D eigenvalue weighted by molar-refractivity contribution is 5.72. The van der Waals surface area contributed by atoms with Gasteiger partial charge in [-0.2, -0.15) is 0 Å². The Morgan fingerprint density at radius 1 is 1.29 bits per heavy atom. The Labute approximate surface area is 124 Å². The van der Waals surface area contributed by atoms with Crippen molar-refractivity contribution in [2.24, 2.45) is 0 Å². The number of hydrogen-bond donors (Lipinski definition) is 1. The normalized spacial score (nSPS) is 16.2. The molecule has 1 aromatic carbocycles. The Kier molecular flexibility index (Phi) is 4.06. The molecule has 110 valence electrons. The van der Waals surface area contributed by atoms with E-state index in [0.717, 1.165) is 25.3 Å². The highest BCUT2D eigenvalue weighted by Gasteiger charge is 2.26.